The van der Waals surface area contributed by atoms with E-state index in [0.29, 0.717) is 5.92 Å². The monoisotopic (exact) mass is 298 g/mol. The normalized spacial score (nSPS) is 27.8. The van der Waals surface area contributed by atoms with Crippen molar-refractivity contribution >= 4 is 11.8 Å². The third-order valence-corrected chi connectivity index (χ3v) is 5.83. The minimum Gasteiger partial charge on any atom is -0.357 e. The molecule has 2 heteroatoms. The fraction of sp³-hybridized carbons (Fsp3) is 0.368. The van der Waals surface area contributed by atoms with Gasteiger partial charge in [-0.25, -0.2) is 0 Å². The van der Waals surface area contributed by atoms with Gasteiger partial charge in [-0.2, -0.15) is 0 Å². The molecule has 0 spiro atoms. The van der Waals surface area contributed by atoms with Crippen LogP contribution in [0.2, 0.25) is 0 Å². The standard InChI is InChI=1S/C19H22OS/c1-15(2)18(3)19(20-18,16-10-6-4-7-11-16)14-21-17-12-8-5-9-13-17/h4-13,15H,14H2,1-3H3. The molecule has 0 radical (unpaired) electrons. The number of rotatable bonds is 5. The van der Waals surface area contributed by atoms with Gasteiger partial charge >= 0.3 is 0 Å². The zero-order chi connectivity index (χ0) is 14.9. The van der Waals surface area contributed by atoms with E-state index in [0.717, 1.165) is 5.75 Å². The SMILES string of the molecule is CC(C)C1(C)OC1(CSc1ccccc1)c1ccccc1. The fourth-order valence-corrected chi connectivity index (χ4v) is 4.16. The highest BCUT2D eigenvalue weighted by Gasteiger charge is 2.68. The number of thioether (sulfide) groups is 1. The van der Waals surface area contributed by atoms with Gasteiger partial charge in [-0.15, -0.1) is 11.8 Å². The molecule has 2 aromatic rings. The number of benzene rings is 2. The predicted octanol–water partition coefficient (Wildman–Crippen LogP) is 5.12. The van der Waals surface area contributed by atoms with Crippen LogP contribution in [0.4, 0.5) is 0 Å². The van der Waals surface area contributed by atoms with Crippen LogP contribution in [-0.2, 0) is 10.3 Å². The summed E-state index contributed by atoms with van der Waals surface area (Å²) in [5, 5.41) is 0. The second kappa shape index (κ2) is 5.51. The molecule has 2 aromatic carbocycles. The van der Waals surface area contributed by atoms with E-state index >= 15 is 0 Å². The van der Waals surface area contributed by atoms with Crippen molar-refractivity contribution in [2.75, 3.05) is 5.75 Å². The summed E-state index contributed by atoms with van der Waals surface area (Å²) in [7, 11) is 0. The van der Waals surface area contributed by atoms with E-state index in [-0.39, 0.29) is 11.2 Å². The summed E-state index contributed by atoms with van der Waals surface area (Å²) in [6.45, 7) is 6.74. The summed E-state index contributed by atoms with van der Waals surface area (Å²) in [5.74, 6) is 1.45. The molecule has 1 heterocycles. The van der Waals surface area contributed by atoms with Gasteiger partial charge in [0.2, 0.25) is 0 Å². The van der Waals surface area contributed by atoms with Crippen LogP contribution in [0.3, 0.4) is 0 Å². The summed E-state index contributed by atoms with van der Waals surface area (Å²) in [4.78, 5) is 1.30. The topological polar surface area (TPSA) is 12.5 Å². The Labute approximate surface area is 131 Å². The zero-order valence-corrected chi connectivity index (χ0v) is 13.7. The maximum Gasteiger partial charge on any atom is 0.132 e. The molecule has 1 saturated heterocycles. The maximum absolute atomic E-state index is 6.34. The van der Waals surface area contributed by atoms with Crippen molar-refractivity contribution in [3.05, 3.63) is 66.2 Å². The maximum atomic E-state index is 6.34. The van der Waals surface area contributed by atoms with Gasteiger partial charge in [0.1, 0.15) is 11.2 Å². The summed E-state index contributed by atoms with van der Waals surface area (Å²) in [5.41, 5.74) is 1.06. The van der Waals surface area contributed by atoms with Gasteiger partial charge in [-0.1, -0.05) is 62.4 Å². The van der Waals surface area contributed by atoms with Crippen molar-refractivity contribution in [1.82, 2.24) is 0 Å². The molecule has 0 aromatic heterocycles. The largest absolute Gasteiger partial charge is 0.357 e. The lowest BCUT2D eigenvalue weighted by Gasteiger charge is -2.20. The molecule has 0 aliphatic carbocycles. The lowest BCUT2D eigenvalue weighted by atomic mass is 9.82. The molecule has 110 valence electrons. The van der Waals surface area contributed by atoms with Crippen molar-refractivity contribution in [1.29, 1.82) is 0 Å². The van der Waals surface area contributed by atoms with Crippen molar-refractivity contribution in [2.45, 2.75) is 36.9 Å². The number of ether oxygens (including phenoxy) is 1. The van der Waals surface area contributed by atoms with E-state index in [1.165, 1.54) is 10.5 Å². The van der Waals surface area contributed by atoms with Crippen LogP contribution in [0.25, 0.3) is 0 Å². The first-order valence-electron chi connectivity index (χ1n) is 7.52. The van der Waals surface area contributed by atoms with Crippen LogP contribution in [-0.4, -0.2) is 11.4 Å². The first kappa shape index (κ1) is 14.7. The predicted molar refractivity (Wildman–Crippen MR) is 89.6 cm³/mol. The molecule has 1 fully saturated rings. The number of hydrogen-bond donors (Lipinski definition) is 0. The first-order valence-corrected chi connectivity index (χ1v) is 8.50. The molecule has 2 unspecified atom stereocenters. The summed E-state index contributed by atoms with van der Waals surface area (Å²) < 4.78 is 6.34. The highest BCUT2D eigenvalue weighted by Crippen LogP contribution is 2.61. The van der Waals surface area contributed by atoms with E-state index < -0.39 is 0 Å². The Morgan fingerprint density at radius 3 is 2.05 bits per heavy atom. The Morgan fingerprint density at radius 2 is 1.52 bits per heavy atom. The van der Waals surface area contributed by atoms with Crippen LogP contribution in [0.5, 0.6) is 0 Å². The quantitative estimate of drug-likeness (QED) is 0.561. The van der Waals surface area contributed by atoms with E-state index in [1.807, 2.05) is 11.8 Å². The Balaban J connectivity index is 1.86. The minimum atomic E-state index is -0.164. The van der Waals surface area contributed by atoms with Gasteiger partial charge in [-0.05, 0) is 30.5 Å². The third-order valence-electron chi connectivity index (χ3n) is 4.67. The Bertz CT molecular complexity index is 595. The van der Waals surface area contributed by atoms with Gasteiger partial charge in [0, 0.05) is 10.6 Å². The Kier molecular flexibility index (Phi) is 3.85. The average molecular weight is 298 g/mol. The van der Waals surface area contributed by atoms with Crippen molar-refractivity contribution in [2.24, 2.45) is 5.92 Å². The van der Waals surface area contributed by atoms with E-state index in [1.54, 1.807) is 0 Å². The molecule has 0 bridgehead atoms. The summed E-state index contributed by atoms with van der Waals surface area (Å²) in [6.07, 6.45) is 0. The number of hydrogen-bond acceptors (Lipinski definition) is 2. The molecule has 2 atom stereocenters. The highest BCUT2D eigenvalue weighted by atomic mass is 32.2. The molecule has 1 nitrogen and oxygen atoms in total. The van der Waals surface area contributed by atoms with Crippen LogP contribution < -0.4 is 0 Å². The average Bonchev–Trinajstić information content (AvgIpc) is 3.15. The molecular weight excluding hydrogens is 276 g/mol. The van der Waals surface area contributed by atoms with Gasteiger partial charge < -0.3 is 4.74 Å². The molecule has 0 saturated carbocycles. The van der Waals surface area contributed by atoms with Crippen molar-refractivity contribution < 1.29 is 4.74 Å². The lowest BCUT2D eigenvalue weighted by molar-refractivity contribution is 0.243. The third kappa shape index (κ3) is 2.51. The minimum absolute atomic E-state index is 0.0733. The van der Waals surface area contributed by atoms with Crippen LogP contribution in [0.1, 0.15) is 26.3 Å². The smallest absolute Gasteiger partial charge is 0.132 e. The van der Waals surface area contributed by atoms with E-state index in [4.69, 9.17) is 4.74 Å². The molecule has 1 aliphatic rings. The Morgan fingerprint density at radius 1 is 0.952 bits per heavy atom. The van der Waals surface area contributed by atoms with Gasteiger partial charge in [0.05, 0.1) is 0 Å². The zero-order valence-electron chi connectivity index (χ0n) is 12.9. The van der Waals surface area contributed by atoms with Crippen LogP contribution >= 0.6 is 11.8 Å². The van der Waals surface area contributed by atoms with Crippen molar-refractivity contribution in [3.63, 3.8) is 0 Å². The molecule has 0 amide bonds. The van der Waals surface area contributed by atoms with Crippen molar-refractivity contribution in [3.8, 4) is 0 Å². The van der Waals surface area contributed by atoms with E-state index in [9.17, 15) is 0 Å². The van der Waals surface area contributed by atoms with Gasteiger partial charge in [0.15, 0.2) is 0 Å². The first-order chi connectivity index (χ1) is 10.1. The molecular formula is C19H22OS. The molecule has 21 heavy (non-hydrogen) atoms. The summed E-state index contributed by atoms with van der Waals surface area (Å²) >= 11 is 1.88. The molecule has 0 N–H and O–H groups in total. The number of epoxide rings is 1. The Hall–Kier alpha value is -1.25. The molecule has 3 rings (SSSR count). The van der Waals surface area contributed by atoms with Gasteiger partial charge in [0.25, 0.3) is 0 Å². The van der Waals surface area contributed by atoms with Gasteiger partial charge in [-0.3, -0.25) is 0 Å². The highest BCUT2D eigenvalue weighted by molar-refractivity contribution is 7.99. The summed E-state index contributed by atoms with van der Waals surface area (Å²) in [6, 6.07) is 21.2. The lowest BCUT2D eigenvalue weighted by Crippen LogP contribution is -2.28. The van der Waals surface area contributed by atoms with Crippen LogP contribution in [0, 0.1) is 5.92 Å². The fourth-order valence-electron chi connectivity index (χ4n) is 2.93. The second-order valence-corrected chi connectivity index (χ2v) is 7.21. The van der Waals surface area contributed by atoms with Crippen LogP contribution in [0.15, 0.2) is 65.6 Å². The molecule has 1 aliphatic heterocycles. The second-order valence-electron chi connectivity index (χ2n) is 6.16. The van der Waals surface area contributed by atoms with E-state index in [2.05, 4.69) is 81.4 Å².